The second-order valence-corrected chi connectivity index (χ2v) is 6.63. The van der Waals surface area contributed by atoms with Gasteiger partial charge in [0.25, 0.3) is 0 Å². The van der Waals surface area contributed by atoms with E-state index in [0.29, 0.717) is 12.1 Å². The molecule has 3 rings (SSSR count). The van der Waals surface area contributed by atoms with E-state index in [4.69, 9.17) is 5.10 Å². The van der Waals surface area contributed by atoms with Gasteiger partial charge >= 0.3 is 0 Å². The molecule has 0 aromatic carbocycles. The van der Waals surface area contributed by atoms with Crippen molar-refractivity contribution in [2.45, 2.75) is 58.0 Å². The first kappa shape index (κ1) is 13.2. The number of aromatic nitrogens is 2. The first-order valence-electron chi connectivity index (χ1n) is 7.92. The molecule has 0 spiro atoms. The second-order valence-electron chi connectivity index (χ2n) is 6.63. The maximum absolute atomic E-state index is 4.75. The van der Waals surface area contributed by atoms with Gasteiger partial charge in [0.05, 0.1) is 5.69 Å². The predicted octanol–water partition coefficient (Wildman–Crippen LogP) is 3.03. The van der Waals surface area contributed by atoms with Gasteiger partial charge in [-0.05, 0) is 63.5 Å². The lowest BCUT2D eigenvalue weighted by Gasteiger charge is -2.23. The van der Waals surface area contributed by atoms with Crippen molar-refractivity contribution in [1.29, 1.82) is 0 Å². The van der Waals surface area contributed by atoms with Crippen LogP contribution in [0.4, 0.5) is 0 Å². The lowest BCUT2D eigenvalue weighted by Crippen LogP contribution is -2.35. The van der Waals surface area contributed by atoms with E-state index in [1.54, 1.807) is 0 Å². The molecular weight excluding hydrogens is 234 g/mol. The third kappa shape index (κ3) is 2.71. The van der Waals surface area contributed by atoms with Crippen molar-refractivity contribution in [2.75, 3.05) is 7.05 Å². The molecule has 2 aliphatic rings. The van der Waals surface area contributed by atoms with Crippen LogP contribution in [0.1, 0.15) is 51.3 Å². The summed E-state index contributed by atoms with van der Waals surface area (Å²) in [7, 11) is 2.11. The summed E-state index contributed by atoms with van der Waals surface area (Å²) >= 11 is 0. The van der Waals surface area contributed by atoms with Gasteiger partial charge in [0.2, 0.25) is 0 Å². The van der Waals surface area contributed by atoms with Crippen molar-refractivity contribution in [3.05, 3.63) is 18.0 Å². The fraction of sp³-hybridized carbons (Fsp3) is 0.812. The Morgan fingerprint density at radius 1 is 1.37 bits per heavy atom. The topological polar surface area (TPSA) is 29.9 Å². The largest absolute Gasteiger partial charge is 0.316 e. The third-order valence-electron chi connectivity index (χ3n) is 5.35. The van der Waals surface area contributed by atoms with Crippen LogP contribution >= 0.6 is 0 Å². The Labute approximate surface area is 116 Å². The molecule has 4 atom stereocenters. The lowest BCUT2D eigenvalue weighted by atomic mass is 9.91. The number of nitrogens with one attached hydrogen (secondary N) is 1. The summed E-state index contributed by atoms with van der Waals surface area (Å²) in [6.45, 7) is 4.45. The zero-order valence-electron chi connectivity index (χ0n) is 12.5. The Kier molecular flexibility index (Phi) is 3.66. The SMILES string of the molecule is CCC(C)n1ccc(CC(NC)C2CC3CC3C2)n1. The minimum Gasteiger partial charge on any atom is -0.316 e. The molecule has 0 saturated heterocycles. The Bertz CT molecular complexity index is 415. The molecule has 1 aromatic heterocycles. The molecule has 0 amide bonds. The van der Waals surface area contributed by atoms with Crippen molar-refractivity contribution in [3.63, 3.8) is 0 Å². The molecule has 4 unspecified atom stereocenters. The molecule has 1 heterocycles. The van der Waals surface area contributed by atoms with Crippen LogP contribution in [0.3, 0.4) is 0 Å². The Hall–Kier alpha value is -0.830. The van der Waals surface area contributed by atoms with E-state index < -0.39 is 0 Å². The molecule has 1 aromatic rings. The van der Waals surface area contributed by atoms with Crippen molar-refractivity contribution < 1.29 is 0 Å². The maximum atomic E-state index is 4.75. The van der Waals surface area contributed by atoms with Crippen LogP contribution in [-0.4, -0.2) is 22.9 Å². The molecule has 0 radical (unpaired) electrons. The van der Waals surface area contributed by atoms with Gasteiger partial charge in [0.1, 0.15) is 0 Å². The van der Waals surface area contributed by atoms with Gasteiger partial charge in [0, 0.05) is 24.7 Å². The summed E-state index contributed by atoms with van der Waals surface area (Å²) in [5, 5.41) is 8.28. The number of rotatable bonds is 6. The number of hydrogen-bond donors (Lipinski definition) is 1. The monoisotopic (exact) mass is 261 g/mol. The maximum Gasteiger partial charge on any atom is 0.0640 e. The highest BCUT2D eigenvalue weighted by Gasteiger charge is 2.47. The van der Waals surface area contributed by atoms with Gasteiger partial charge in [-0.25, -0.2) is 0 Å². The van der Waals surface area contributed by atoms with E-state index >= 15 is 0 Å². The van der Waals surface area contributed by atoms with Crippen LogP contribution in [0, 0.1) is 17.8 Å². The van der Waals surface area contributed by atoms with E-state index in [0.717, 1.165) is 30.6 Å². The first-order chi connectivity index (χ1) is 9.21. The first-order valence-corrected chi connectivity index (χ1v) is 7.92. The Morgan fingerprint density at radius 2 is 2.11 bits per heavy atom. The number of nitrogens with zero attached hydrogens (tertiary/aromatic N) is 2. The molecule has 3 nitrogen and oxygen atoms in total. The minimum atomic E-state index is 0.515. The Balaban J connectivity index is 1.60. The third-order valence-corrected chi connectivity index (χ3v) is 5.35. The van der Waals surface area contributed by atoms with E-state index in [1.165, 1.54) is 25.0 Å². The van der Waals surface area contributed by atoms with Gasteiger partial charge in [-0.3, -0.25) is 4.68 Å². The number of fused-ring (bicyclic) bond motifs is 1. The molecule has 3 heteroatoms. The standard InChI is InChI=1S/C16H27N3/c1-4-11(2)19-6-5-15(18-19)10-16(17-3)14-8-12-7-13(12)9-14/h5-6,11-14,16-17H,4,7-10H2,1-3H3. The molecule has 2 aliphatic carbocycles. The average Bonchev–Trinajstić information content (AvgIpc) is 2.86. The Morgan fingerprint density at radius 3 is 2.74 bits per heavy atom. The average molecular weight is 261 g/mol. The predicted molar refractivity (Wildman–Crippen MR) is 78.1 cm³/mol. The van der Waals surface area contributed by atoms with E-state index in [2.05, 4.69) is 43.2 Å². The van der Waals surface area contributed by atoms with Crippen LogP contribution in [-0.2, 0) is 6.42 Å². The lowest BCUT2D eigenvalue weighted by molar-refractivity contribution is 0.345. The fourth-order valence-corrected chi connectivity index (χ4v) is 3.74. The van der Waals surface area contributed by atoms with Gasteiger partial charge in [-0.1, -0.05) is 6.92 Å². The highest BCUT2D eigenvalue weighted by molar-refractivity contribution is 5.06. The molecule has 0 bridgehead atoms. The van der Waals surface area contributed by atoms with E-state index in [-0.39, 0.29) is 0 Å². The second kappa shape index (κ2) is 5.28. The summed E-state index contributed by atoms with van der Waals surface area (Å²) in [5.41, 5.74) is 1.25. The van der Waals surface area contributed by atoms with E-state index in [9.17, 15) is 0 Å². The highest BCUT2D eigenvalue weighted by atomic mass is 15.3. The van der Waals surface area contributed by atoms with E-state index in [1.807, 2.05) is 0 Å². The molecule has 19 heavy (non-hydrogen) atoms. The summed E-state index contributed by atoms with van der Waals surface area (Å²) in [5.74, 6) is 3.01. The smallest absolute Gasteiger partial charge is 0.0640 e. The van der Waals surface area contributed by atoms with Crippen LogP contribution in [0.25, 0.3) is 0 Å². The number of hydrogen-bond acceptors (Lipinski definition) is 2. The normalized spacial score (nSPS) is 32.1. The molecule has 0 aliphatic heterocycles. The summed E-state index contributed by atoms with van der Waals surface area (Å²) in [6, 6.07) is 3.33. The van der Waals surface area contributed by atoms with Crippen molar-refractivity contribution in [3.8, 4) is 0 Å². The van der Waals surface area contributed by atoms with Crippen molar-refractivity contribution in [2.24, 2.45) is 17.8 Å². The molecule has 106 valence electrons. The van der Waals surface area contributed by atoms with Gasteiger partial charge < -0.3 is 5.32 Å². The van der Waals surface area contributed by atoms with Gasteiger partial charge in [-0.2, -0.15) is 5.10 Å². The van der Waals surface area contributed by atoms with Crippen LogP contribution in [0.15, 0.2) is 12.3 Å². The zero-order valence-corrected chi connectivity index (χ0v) is 12.5. The van der Waals surface area contributed by atoms with Crippen LogP contribution in [0.2, 0.25) is 0 Å². The minimum absolute atomic E-state index is 0.515. The number of likely N-dealkylation sites (N-methyl/N-ethyl adjacent to an activating group) is 1. The van der Waals surface area contributed by atoms with Gasteiger partial charge in [-0.15, -0.1) is 0 Å². The summed E-state index contributed by atoms with van der Waals surface area (Å²) in [6.07, 6.45) is 8.77. The van der Waals surface area contributed by atoms with Gasteiger partial charge in [0.15, 0.2) is 0 Å². The van der Waals surface area contributed by atoms with Crippen molar-refractivity contribution in [1.82, 2.24) is 15.1 Å². The van der Waals surface area contributed by atoms with Crippen molar-refractivity contribution >= 4 is 0 Å². The van der Waals surface area contributed by atoms with Crippen LogP contribution < -0.4 is 5.32 Å². The molecule has 2 fully saturated rings. The molecule has 1 N–H and O–H groups in total. The quantitative estimate of drug-likeness (QED) is 0.853. The highest BCUT2D eigenvalue weighted by Crippen LogP contribution is 2.55. The molecular formula is C16H27N3. The fourth-order valence-electron chi connectivity index (χ4n) is 3.74. The summed E-state index contributed by atoms with van der Waals surface area (Å²) in [4.78, 5) is 0. The van der Waals surface area contributed by atoms with Crippen LogP contribution in [0.5, 0.6) is 0 Å². The molecule has 2 saturated carbocycles. The zero-order chi connectivity index (χ0) is 13.4. The summed E-state index contributed by atoms with van der Waals surface area (Å²) < 4.78 is 2.12.